The van der Waals surface area contributed by atoms with E-state index in [0.717, 1.165) is 38.6 Å². The van der Waals surface area contributed by atoms with Crippen LogP contribution in [-0.2, 0) is 14.3 Å². The maximum atomic E-state index is 13.6. The maximum Gasteiger partial charge on any atom is 0.408 e. The Morgan fingerprint density at radius 2 is 1.50 bits per heavy atom. The van der Waals surface area contributed by atoms with Crippen molar-refractivity contribution in [3.05, 3.63) is 77.4 Å². The van der Waals surface area contributed by atoms with Crippen LogP contribution in [0, 0.1) is 19.8 Å². The van der Waals surface area contributed by atoms with Crippen LogP contribution in [0.25, 0.3) is 10.8 Å². The molecule has 1 N–H and O–H groups in total. The van der Waals surface area contributed by atoms with E-state index in [1.165, 1.54) is 6.92 Å². The second kappa shape index (κ2) is 10.4. The van der Waals surface area contributed by atoms with E-state index >= 15 is 0 Å². The van der Waals surface area contributed by atoms with Crippen molar-refractivity contribution < 1.29 is 19.1 Å². The van der Waals surface area contributed by atoms with Crippen LogP contribution in [0.2, 0.25) is 0 Å². The minimum Gasteiger partial charge on any atom is -0.444 e. The molecule has 0 aliphatic carbocycles. The van der Waals surface area contributed by atoms with Crippen LogP contribution in [0.4, 0.5) is 4.79 Å². The molecule has 178 valence electrons. The summed E-state index contributed by atoms with van der Waals surface area (Å²) in [7, 11) is 0. The molecular weight excluding hydrogens is 446 g/mol. The fourth-order valence-electron chi connectivity index (χ4n) is 3.86. The standard InChI is InChI=1S/C28H31NO4S/c1-17-10-9-11-18(2)25(17)34-26(31)23(19(3)30)24(29-27(32)33-28(4,5)6)22-15-14-20-12-7-8-13-21(20)16-22/h7-16,23-24H,1-6H3,(H,29,32)/t23?,24-/m0/s1. The van der Waals surface area contributed by atoms with Crippen molar-refractivity contribution in [3.63, 3.8) is 0 Å². The molecular formula is C28H31NO4S. The summed E-state index contributed by atoms with van der Waals surface area (Å²) in [5, 5.41) is 4.47. The number of hydrogen-bond acceptors (Lipinski definition) is 5. The van der Waals surface area contributed by atoms with Gasteiger partial charge in [-0.05, 0) is 75.1 Å². The van der Waals surface area contributed by atoms with Gasteiger partial charge in [0, 0.05) is 4.90 Å². The zero-order valence-corrected chi connectivity index (χ0v) is 21.3. The number of ether oxygens (including phenoxy) is 1. The zero-order chi connectivity index (χ0) is 25.0. The van der Waals surface area contributed by atoms with Crippen molar-refractivity contribution in [2.24, 2.45) is 5.92 Å². The van der Waals surface area contributed by atoms with Gasteiger partial charge < -0.3 is 10.1 Å². The van der Waals surface area contributed by atoms with Gasteiger partial charge in [-0.2, -0.15) is 0 Å². The van der Waals surface area contributed by atoms with E-state index in [1.807, 2.05) is 74.5 Å². The van der Waals surface area contributed by atoms with E-state index in [0.29, 0.717) is 5.56 Å². The number of ketones is 1. The molecule has 1 unspecified atom stereocenters. The van der Waals surface area contributed by atoms with E-state index in [-0.39, 0.29) is 10.9 Å². The van der Waals surface area contributed by atoms with E-state index < -0.39 is 23.7 Å². The summed E-state index contributed by atoms with van der Waals surface area (Å²) < 4.78 is 5.46. The first kappa shape index (κ1) is 25.5. The fourth-order valence-corrected chi connectivity index (χ4v) is 4.94. The van der Waals surface area contributed by atoms with Crippen molar-refractivity contribution >= 4 is 39.5 Å². The second-order valence-corrected chi connectivity index (χ2v) is 10.5. The summed E-state index contributed by atoms with van der Waals surface area (Å²) >= 11 is 1.05. The van der Waals surface area contributed by atoms with Gasteiger partial charge in [-0.1, -0.05) is 66.4 Å². The number of alkyl carbamates (subject to hydrolysis) is 1. The summed E-state index contributed by atoms with van der Waals surface area (Å²) in [6.45, 7) is 10.6. The first-order valence-electron chi connectivity index (χ1n) is 11.2. The third kappa shape index (κ3) is 6.26. The SMILES string of the molecule is CC(=O)C(C(=O)Sc1c(C)cccc1C)[C@@H](NC(=O)OC(C)(C)C)c1ccc2ccccc2c1. The second-order valence-electron chi connectivity index (χ2n) is 9.46. The normalized spacial score (nSPS) is 13.2. The molecule has 0 aliphatic rings. The van der Waals surface area contributed by atoms with Crippen LogP contribution in [0.1, 0.15) is 50.4 Å². The highest BCUT2D eigenvalue weighted by Gasteiger charge is 2.36. The van der Waals surface area contributed by atoms with Crippen molar-refractivity contribution in [1.82, 2.24) is 5.32 Å². The Balaban J connectivity index is 2.03. The van der Waals surface area contributed by atoms with Crippen LogP contribution in [-0.4, -0.2) is 22.6 Å². The predicted octanol–water partition coefficient (Wildman–Crippen LogP) is 6.55. The molecule has 0 radical (unpaired) electrons. The Labute approximate surface area is 205 Å². The predicted molar refractivity (Wildman–Crippen MR) is 137 cm³/mol. The van der Waals surface area contributed by atoms with Gasteiger partial charge in [0.2, 0.25) is 5.12 Å². The van der Waals surface area contributed by atoms with Crippen LogP contribution >= 0.6 is 11.8 Å². The number of aryl methyl sites for hydroxylation is 2. The molecule has 1 amide bonds. The molecule has 3 aromatic rings. The Hall–Kier alpha value is -3.12. The molecule has 2 atom stereocenters. The van der Waals surface area contributed by atoms with Gasteiger partial charge in [0.1, 0.15) is 17.3 Å². The van der Waals surface area contributed by atoms with E-state index in [2.05, 4.69) is 5.32 Å². The Morgan fingerprint density at radius 1 is 0.882 bits per heavy atom. The number of Topliss-reactive ketones (excluding diaryl/α,β-unsaturated/α-hetero) is 1. The monoisotopic (exact) mass is 477 g/mol. The Morgan fingerprint density at radius 3 is 2.09 bits per heavy atom. The molecule has 3 aromatic carbocycles. The molecule has 3 rings (SSSR count). The molecule has 0 saturated carbocycles. The number of nitrogens with one attached hydrogen (secondary N) is 1. The molecule has 0 saturated heterocycles. The summed E-state index contributed by atoms with van der Waals surface area (Å²) in [4.78, 5) is 40.0. The number of rotatable bonds is 6. The topological polar surface area (TPSA) is 72.5 Å². The van der Waals surface area contributed by atoms with Crippen molar-refractivity contribution in [3.8, 4) is 0 Å². The molecule has 0 fully saturated rings. The number of fused-ring (bicyclic) bond motifs is 1. The van der Waals surface area contributed by atoms with E-state index in [4.69, 9.17) is 4.74 Å². The highest BCUT2D eigenvalue weighted by atomic mass is 32.2. The number of thioether (sulfide) groups is 1. The minimum atomic E-state index is -1.09. The molecule has 0 heterocycles. The third-order valence-corrected chi connectivity index (χ3v) is 6.74. The van der Waals surface area contributed by atoms with Crippen LogP contribution < -0.4 is 5.32 Å². The first-order valence-corrected chi connectivity index (χ1v) is 12.0. The number of hydrogen-bond donors (Lipinski definition) is 1. The van der Waals surface area contributed by atoms with Gasteiger partial charge in [-0.25, -0.2) is 4.79 Å². The van der Waals surface area contributed by atoms with Gasteiger partial charge >= 0.3 is 6.09 Å². The lowest BCUT2D eigenvalue weighted by atomic mass is 9.90. The Kier molecular flexibility index (Phi) is 7.82. The zero-order valence-electron chi connectivity index (χ0n) is 20.5. The number of carbonyl (C=O) groups is 3. The lowest BCUT2D eigenvalue weighted by Crippen LogP contribution is -2.41. The summed E-state index contributed by atoms with van der Waals surface area (Å²) in [5.74, 6) is -1.41. The van der Waals surface area contributed by atoms with E-state index in [1.54, 1.807) is 20.8 Å². The molecule has 0 aliphatic heterocycles. The average molecular weight is 478 g/mol. The number of benzene rings is 3. The minimum absolute atomic E-state index is 0.320. The van der Waals surface area contributed by atoms with Gasteiger partial charge in [0.25, 0.3) is 0 Å². The average Bonchev–Trinajstić information content (AvgIpc) is 2.74. The summed E-state index contributed by atoms with van der Waals surface area (Å²) in [5.41, 5.74) is 1.87. The molecule has 0 aromatic heterocycles. The lowest BCUT2D eigenvalue weighted by molar-refractivity contribution is -0.128. The van der Waals surface area contributed by atoms with Gasteiger partial charge in [-0.15, -0.1) is 0 Å². The largest absolute Gasteiger partial charge is 0.444 e. The highest BCUT2D eigenvalue weighted by molar-refractivity contribution is 8.13. The Bertz CT molecular complexity index is 1210. The van der Waals surface area contributed by atoms with Crippen molar-refractivity contribution in [2.75, 3.05) is 0 Å². The van der Waals surface area contributed by atoms with Crippen LogP contribution in [0.3, 0.4) is 0 Å². The molecule has 0 bridgehead atoms. The fraction of sp³-hybridized carbons (Fsp3) is 0.321. The molecule has 5 nitrogen and oxygen atoms in total. The van der Waals surface area contributed by atoms with Gasteiger partial charge in [0.15, 0.2) is 0 Å². The summed E-state index contributed by atoms with van der Waals surface area (Å²) in [6, 6.07) is 18.4. The van der Waals surface area contributed by atoms with E-state index in [9.17, 15) is 14.4 Å². The van der Waals surface area contributed by atoms with Crippen molar-refractivity contribution in [2.45, 2.75) is 58.1 Å². The van der Waals surface area contributed by atoms with Gasteiger partial charge in [0.05, 0.1) is 6.04 Å². The maximum absolute atomic E-state index is 13.6. The smallest absolute Gasteiger partial charge is 0.408 e. The number of carbonyl (C=O) groups excluding carboxylic acids is 3. The van der Waals surface area contributed by atoms with Crippen molar-refractivity contribution in [1.29, 1.82) is 0 Å². The third-order valence-electron chi connectivity index (χ3n) is 5.44. The van der Waals surface area contributed by atoms with Gasteiger partial charge in [-0.3, -0.25) is 9.59 Å². The molecule has 6 heteroatoms. The highest BCUT2D eigenvalue weighted by Crippen LogP contribution is 2.35. The molecule has 0 spiro atoms. The van der Waals surface area contributed by atoms with Crippen LogP contribution in [0.15, 0.2) is 65.6 Å². The number of amides is 1. The molecule has 34 heavy (non-hydrogen) atoms. The van der Waals surface area contributed by atoms with Crippen LogP contribution in [0.5, 0.6) is 0 Å². The summed E-state index contributed by atoms with van der Waals surface area (Å²) in [6.07, 6.45) is -0.679. The lowest BCUT2D eigenvalue weighted by Gasteiger charge is -2.28. The first-order chi connectivity index (χ1) is 16.0. The quantitative estimate of drug-likeness (QED) is 0.322.